The molecule has 0 radical (unpaired) electrons. The topological polar surface area (TPSA) is 88.5 Å². The van der Waals surface area contributed by atoms with Gasteiger partial charge in [-0.1, -0.05) is 36.4 Å². The molecular weight excluding hydrogens is 328 g/mol. The van der Waals surface area contributed by atoms with E-state index in [1.165, 1.54) is 36.4 Å². The van der Waals surface area contributed by atoms with Crippen molar-refractivity contribution in [3.63, 3.8) is 0 Å². The molecule has 124 valence electrons. The van der Waals surface area contributed by atoms with Gasteiger partial charge in [0.15, 0.2) is 15.6 Å². The summed E-state index contributed by atoms with van der Waals surface area (Å²) in [5, 5.41) is 8.84. The van der Waals surface area contributed by atoms with Gasteiger partial charge in [0.05, 0.1) is 16.2 Å². The van der Waals surface area contributed by atoms with Crippen molar-refractivity contribution in [2.45, 2.75) is 11.8 Å². The molecule has 0 fully saturated rings. The summed E-state index contributed by atoms with van der Waals surface area (Å²) in [4.78, 5) is 23.2. The van der Waals surface area contributed by atoms with Crippen LogP contribution in [0.4, 0.5) is 0 Å². The van der Waals surface area contributed by atoms with Crippen LogP contribution >= 0.6 is 0 Å². The highest BCUT2D eigenvalue weighted by molar-refractivity contribution is 7.91. The zero-order chi connectivity index (χ0) is 17.9. The van der Waals surface area contributed by atoms with Crippen LogP contribution in [0.15, 0.2) is 65.6 Å². The fourth-order valence-corrected chi connectivity index (χ4v) is 3.40. The van der Waals surface area contributed by atoms with Crippen molar-refractivity contribution in [1.29, 1.82) is 0 Å². The highest BCUT2D eigenvalue weighted by Crippen LogP contribution is 2.17. The number of benzene rings is 2. The third-order valence-corrected chi connectivity index (χ3v) is 5.18. The number of aryl methyl sites for hydroxylation is 1. The lowest BCUT2D eigenvalue weighted by molar-refractivity contribution is 0.0696. The minimum Gasteiger partial charge on any atom is -0.478 e. The van der Waals surface area contributed by atoms with Crippen molar-refractivity contribution < 1.29 is 23.1 Å². The number of sulfone groups is 1. The van der Waals surface area contributed by atoms with Crippen LogP contribution in [-0.2, 0) is 9.84 Å². The van der Waals surface area contributed by atoms with Gasteiger partial charge in [-0.3, -0.25) is 4.79 Å². The van der Waals surface area contributed by atoms with E-state index in [2.05, 4.69) is 6.58 Å². The van der Waals surface area contributed by atoms with Gasteiger partial charge in [0.2, 0.25) is 0 Å². The molecular formula is C18H16O5S. The number of Topliss-reactive ketones (excluding diaryl/α,β-unsaturated/α-hetero) is 1. The van der Waals surface area contributed by atoms with Crippen LogP contribution in [-0.4, -0.2) is 31.0 Å². The summed E-state index contributed by atoms with van der Waals surface area (Å²) in [6.45, 7) is 5.42. The minimum absolute atomic E-state index is 0.0458. The van der Waals surface area contributed by atoms with Gasteiger partial charge in [-0.25, -0.2) is 13.2 Å². The Kier molecular flexibility index (Phi) is 4.99. The second-order valence-electron chi connectivity index (χ2n) is 5.39. The number of rotatable bonds is 6. The lowest BCUT2D eigenvalue weighted by atomic mass is 10.0. The lowest BCUT2D eigenvalue weighted by Gasteiger charge is -2.08. The van der Waals surface area contributed by atoms with Crippen LogP contribution in [0.25, 0.3) is 0 Å². The quantitative estimate of drug-likeness (QED) is 0.643. The number of carbonyl (C=O) groups is 2. The second-order valence-corrected chi connectivity index (χ2v) is 7.38. The van der Waals surface area contributed by atoms with Gasteiger partial charge in [0.25, 0.3) is 0 Å². The predicted octanol–water partition coefficient (Wildman–Crippen LogP) is 2.91. The second kappa shape index (κ2) is 6.80. The SMILES string of the molecule is C=C(CS(=O)(=O)c1ccc(C)cc1)C(=O)c1ccc(C(=O)O)cc1. The molecule has 0 saturated carbocycles. The summed E-state index contributed by atoms with van der Waals surface area (Å²) in [5.74, 6) is -2.12. The molecule has 0 amide bonds. The number of carboxylic acids is 1. The third kappa shape index (κ3) is 3.97. The van der Waals surface area contributed by atoms with Crippen LogP contribution in [0.1, 0.15) is 26.3 Å². The van der Waals surface area contributed by atoms with Gasteiger partial charge in [0.1, 0.15) is 0 Å². The molecule has 1 N–H and O–H groups in total. The maximum absolute atomic E-state index is 12.3. The smallest absolute Gasteiger partial charge is 0.335 e. The van der Waals surface area contributed by atoms with E-state index in [0.717, 1.165) is 5.56 Å². The Morgan fingerprint density at radius 1 is 0.958 bits per heavy atom. The molecule has 0 aliphatic heterocycles. The van der Waals surface area contributed by atoms with Crippen molar-refractivity contribution in [2.75, 3.05) is 5.75 Å². The summed E-state index contributed by atoms with van der Waals surface area (Å²) < 4.78 is 24.7. The predicted molar refractivity (Wildman–Crippen MR) is 90.1 cm³/mol. The molecule has 0 bridgehead atoms. The molecule has 5 nitrogen and oxygen atoms in total. The molecule has 0 spiro atoms. The van der Waals surface area contributed by atoms with Gasteiger partial charge >= 0.3 is 5.97 Å². The molecule has 0 unspecified atom stereocenters. The number of carbonyl (C=O) groups excluding carboxylic acids is 1. The van der Waals surface area contributed by atoms with E-state index in [-0.39, 0.29) is 21.6 Å². The summed E-state index contributed by atoms with van der Waals surface area (Å²) in [6.07, 6.45) is 0. The first-order valence-electron chi connectivity index (χ1n) is 7.06. The molecule has 0 aromatic heterocycles. The third-order valence-electron chi connectivity index (χ3n) is 3.46. The monoisotopic (exact) mass is 344 g/mol. The Morgan fingerprint density at radius 2 is 1.46 bits per heavy atom. The van der Waals surface area contributed by atoms with Crippen LogP contribution in [0.2, 0.25) is 0 Å². The van der Waals surface area contributed by atoms with Crippen molar-refractivity contribution in [1.82, 2.24) is 0 Å². The molecule has 2 aromatic rings. The Bertz CT molecular complexity index is 891. The highest BCUT2D eigenvalue weighted by atomic mass is 32.2. The first-order valence-corrected chi connectivity index (χ1v) is 8.71. The van der Waals surface area contributed by atoms with Gasteiger partial charge in [-0.2, -0.15) is 0 Å². The Labute approximate surface area is 140 Å². The van der Waals surface area contributed by atoms with Gasteiger partial charge in [-0.15, -0.1) is 0 Å². The maximum Gasteiger partial charge on any atom is 0.335 e. The van der Waals surface area contributed by atoms with E-state index >= 15 is 0 Å². The molecule has 2 rings (SSSR count). The molecule has 0 aliphatic carbocycles. The molecule has 0 atom stereocenters. The molecule has 0 aliphatic rings. The Morgan fingerprint density at radius 3 is 1.96 bits per heavy atom. The van der Waals surface area contributed by atoms with Crippen molar-refractivity contribution >= 4 is 21.6 Å². The van der Waals surface area contributed by atoms with Crippen molar-refractivity contribution in [2.24, 2.45) is 0 Å². The van der Waals surface area contributed by atoms with E-state index in [1.54, 1.807) is 12.1 Å². The van der Waals surface area contributed by atoms with E-state index in [4.69, 9.17) is 5.11 Å². The maximum atomic E-state index is 12.3. The Balaban J connectivity index is 2.17. The average Bonchev–Trinajstić information content (AvgIpc) is 2.54. The zero-order valence-corrected chi connectivity index (χ0v) is 13.8. The fourth-order valence-electron chi connectivity index (χ4n) is 2.09. The van der Waals surface area contributed by atoms with E-state index in [9.17, 15) is 18.0 Å². The molecule has 24 heavy (non-hydrogen) atoms. The van der Waals surface area contributed by atoms with Crippen LogP contribution < -0.4 is 0 Å². The largest absolute Gasteiger partial charge is 0.478 e. The molecule has 0 saturated heterocycles. The number of hydrogen-bond donors (Lipinski definition) is 1. The number of aromatic carboxylic acids is 1. The number of hydrogen-bond acceptors (Lipinski definition) is 4. The average molecular weight is 344 g/mol. The molecule has 0 heterocycles. The van der Waals surface area contributed by atoms with Gasteiger partial charge in [-0.05, 0) is 31.2 Å². The van der Waals surface area contributed by atoms with E-state index in [0.29, 0.717) is 0 Å². The normalized spacial score (nSPS) is 11.0. The lowest BCUT2D eigenvalue weighted by Crippen LogP contribution is -2.15. The summed E-state index contributed by atoms with van der Waals surface area (Å²) >= 11 is 0. The number of carboxylic acid groups (broad SMARTS) is 1. The summed E-state index contributed by atoms with van der Waals surface area (Å²) in [6, 6.07) is 11.6. The van der Waals surface area contributed by atoms with E-state index < -0.39 is 27.3 Å². The fraction of sp³-hybridized carbons (Fsp3) is 0.111. The van der Waals surface area contributed by atoms with Crippen molar-refractivity contribution in [3.05, 3.63) is 77.4 Å². The number of ketones is 1. The summed E-state index contributed by atoms with van der Waals surface area (Å²) in [7, 11) is -3.67. The van der Waals surface area contributed by atoms with Gasteiger partial charge in [0, 0.05) is 11.1 Å². The van der Waals surface area contributed by atoms with Crippen LogP contribution in [0.3, 0.4) is 0 Å². The highest BCUT2D eigenvalue weighted by Gasteiger charge is 2.20. The molecule has 2 aromatic carbocycles. The summed E-state index contributed by atoms with van der Waals surface area (Å²) in [5.41, 5.74) is 1.11. The minimum atomic E-state index is -3.67. The Hall–Kier alpha value is -2.73. The first-order chi connectivity index (χ1) is 11.2. The van der Waals surface area contributed by atoms with E-state index in [1.807, 2.05) is 6.92 Å². The van der Waals surface area contributed by atoms with Gasteiger partial charge < -0.3 is 5.11 Å². The standard InChI is InChI=1S/C18H16O5S/c1-12-3-9-16(10-4-12)24(22,23)11-13(2)17(19)14-5-7-15(8-6-14)18(20)21/h3-10H,2,11H2,1H3,(H,20,21). The van der Waals surface area contributed by atoms with Crippen molar-refractivity contribution in [3.8, 4) is 0 Å². The van der Waals surface area contributed by atoms with Crippen LogP contribution in [0, 0.1) is 6.92 Å². The molecule has 6 heteroatoms. The van der Waals surface area contributed by atoms with Crippen LogP contribution in [0.5, 0.6) is 0 Å². The zero-order valence-electron chi connectivity index (χ0n) is 13.0. The first kappa shape index (κ1) is 17.6.